The minimum Gasteiger partial charge on any atom is -0.434 e. The van der Waals surface area contributed by atoms with Crippen LogP contribution in [0.1, 0.15) is 36.5 Å². The van der Waals surface area contributed by atoms with Gasteiger partial charge < -0.3 is 19.0 Å². The molecule has 0 unspecified atom stereocenters. The number of carbonyl (C=O) groups excluding carboxylic acids is 2. The number of hydrogen-bond donors (Lipinski definition) is 0. The zero-order valence-electron chi connectivity index (χ0n) is 19.4. The number of piperidine rings is 1. The molecule has 9 heteroatoms. The van der Waals surface area contributed by atoms with E-state index in [-0.39, 0.29) is 24.9 Å². The first-order valence-electron chi connectivity index (χ1n) is 10.8. The third-order valence-corrected chi connectivity index (χ3v) is 5.86. The monoisotopic (exact) mass is 448 g/mol. The Morgan fingerprint density at radius 2 is 1.84 bits per heavy atom. The van der Waals surface area contributed by atoms with Gasteiger partial charge in [-0.3, -0.25) is 9.63 Å². The van der Waals surface area contributed by atoms with Crippen LogP contribution in [0.5, 0.6) is 0 Å². The molecule has 1 spiro atoms. The van der Waals surface area contributed by atoms with Gasteiger partial charge in [0, 0.05) is 20.2 Å². The van der Waals surface area contributed by atoms with Gasteiger partial charge in [0.05, 0.1) is 32.5 Å². The number of rotatable bonds is 8. The maximum Gasteiger partial charge on any atom is 0.513 e. The number of amides is 1. The molecule has 1 aromatic carbocycles. The number of nitrogens with zero attached hydrogens (tertiary/aromatic N) is 2. The van der Waals surface area contributed by atoms with Gasteiger partial charge in [-0.25, -0.2) is 9.86 Å². The van der Waals surface area contributed by atoms with E-state index in [0.29, 0.717) is 43.7 Å². The number of benzene rings is 1. The molecule has 1 aromatic rings. The highest BCUT2D eigenvalue weighted by Crippen LogP contribution is 2.47. The lowest BCUT2D eigenvalue weighted by Crippen LogP contribution is -2.55. The van der Waals surface area contributed by atoms with Crippen LogP contribution in [0, 0.1) is 13.8 Å². The highest BCUT2D eigenvalue weighted by Gasteiger charge is 2.57. The molecule has 1 amide bonds. The molecule has 2 aliphatic rings. The van der Waals surface area contributed by atoms with Gasteiger partial charge in [-0.05, 0) is 44.7 Å². The molecule has 0 N–H and O–H groups in total. The van der Waals surface area contributed by atoms with Gasteiger partial charge in [-0.1, -0.05) is 23.8 Å². The summed E-state index contributed by atoms with van der Waals surface area (Å²) in [5, 5.41) is 3.17. The number of carbonyl (C=O) groups is 2. The molecule has 2 aliphatic heterocycles. The van der Waals surface area contributed by atoms with Gasteiger partial charge in [-0.2, -0.15) is 5.06 Å². The Labute approximate surface area is 188 Å². The smallest absolute Gasteiger partial charge is 0.434 e. The molecule has 3 rings (SSSR count). The average molecular weight is 449 g/mol. The van der Waals surface area contributed by atoms with Crippen molar-refractivity contribution in [2.75, 3.05) is 47.1 Å². The van der Waals surface area contributed by atoms with Gasteiger partial charge in [0.1, 0.15) is 5.54 Å². The van der Waals surface area contributed by atoms with E-state index in [1.54, 1.807) is 26.2 Å². The van der Waals surface area contributed by atoms with Gasteiger partial charge in [0.25, 0.3) is 5.91 Å². The molecule has 2 heterocycles. The molecular weight excluding hydrogens is 416 g/mol. The normalized spacial score (nSPS) is 18.5. The molecule has 0 atom stereocenters. The molecule has 9 nitrogen and oxygen atoms in total. The Bertz CT molecular complexity index is 875. The number of methoxy groups -OCH3 is 1. The van der Waals surface area contributed by atoms with Gasteiger partial charge in [-0.15, -0.1) is 0 Å². The van der Waals surface area contributed by atoms with E-state index >= 15 is 0 Å². The highest BCUT2D eigenvalue weighted by atomic mass is 16.7. The van der Waals surface area contributed by atoms with Crippen LogP contribution in [0.25, 0.3) is 5.57 Å². The van der Waals surface area contributed by atoms with Crippen LogP contribution in [0.3, 0.4) is 0 Å². The second-order valence-electron chi connectivity index (χ2n) is 7.88. The SMILES string of the molecule is CCOC(=O)OC1=C(c2cc(C)ccc2C)C(=O)N(OCCOC)C12CCN(OC)CC2. The van der Waals surface area contributed by atoms with E-state index in [2.05, 4.69) is 0 Å². The van der Waals surface area contributed by atoms with Crippen molar-refractivity contribution in [3.05, 3.63) is 40.6 Å². The summed E-state index contributed by atoms with van der Waals surface area (Å²) in [6.45, 7) is 7.31. The van der Waals surface area contributed by atoms with Crippen LogP contribution >= 0.6 is 0 Å². The lowest BCUT2D eigenvalue weighted by Gasteiger charge is -2.43. The largest absolute Gasteiger partial charge is 0.513 e. The maximum absolute atomic E-state index is 13.8. The van der Waals surface area contributed by atoms with Crippen molar-refractivity contribution in [2.24, 2.45) is 0 Å². The molecule has 176 valence electrons. The Balaban J connectivity index is 2.14. The molecule has 0 saturated carbocycles. The van der Waals surface area contributed by atoms with Crippen LogP contribution in [0.15, 0.2) is 24.0 Å². The molecule has 1 saturated heterocycles. The summed E-state index contributed by atoms with van der Waals surface area (Å²) in [4.78, 5) is 37.5. The molecule has 32 heavy (non-hydrogen) atoms. The first-order valence-corrected chi connectivity index (χ1v) is 10.8. The molecule has 1 fully saturated rings. The summed E-state index contributed by atoms with van der Waals surface area (Å²) < 4.78 is 15.9. The van der Waals surface area contributed by atoms with Crippen LogP contribution < -0.4 is 0 Å². The van der Waals surface area contributed by atoms with Crippen LogP contribution in [0.2, 0.25) is 0 Å². The summed E-state index contributed by atoms with van der Waals surface area (Å²) in [6, 6.07) is 5.85. The average Bonchev–Trinajstić information content (AvgIpc) is 2.98. The van der Waals surface area contributed by atoms with Crippen molar-refractivity contribution in [1.82, 2.24) is 10.1 Å². The second kappa shape index (κ2) is 10.4. The summed E-state index contributed by atoms with van der Waals surface area (Å²) >= 11 is 0. The molecule has 0 bridgehead atoms. The van der Waals surface area contributed by atoms with Crippen molar-refractivity contribution in [2.45, 2.75) is 39.2 Å². The van der Waals surface area contributed by atoms with Crippen LogP contribution in [-0.2, 0) is 28.7 Å². The predicted molar refractivity (Wildman–Crippen MR) is 116 cm³/mol. The van der Waals surface area contributed by atoms with E-state index in [0.717, 1.165) is 11.1 Å². The summed E-state index contributed by atoms with van der Waals surface area (Å²) in [5.41, 5.74) is 1.96. The Hall–Kier alpha value is -2.46. The number of ether oxygens (including phenoxy) is 3. The Morgan fingerprint density at radius 3 is 2.47 bits per heavy atom. The summed E-state index contributed by atoms with van der Waals surface area (Å²) in [6.07, 6.45) is 0.0797. The predicted octanol–water partition coefficient (Wildman–Crippen LogP) is 3.00. The van der Waals surface area contributed by atoms with E-state index in [1.807, 2.05) is 32.0 Å². The fourth-order valence-corrected chi connectivity index (χ4v) is 4.20. The van der Waals surface area contributed by atoms with Gasteiger partial charge in [0.2, 0.25) is 0 Å². The van der Waals surface area contributed by atoms with Crippen molar-refractivity contribution >= 4 is 17.6 Å². The minimum atomic E-state index is -0.960. The van der Waals surface area contributed by atoms with E-state index < -0.39 is 11.7 Å². The first-order chi connectivity index (χ1) is 15.4. The highest BCUT2D eigenvalue weighted by molar-refractivity contribution is 6.23. The van der Waals surface area contributed by atoms with Crippen LogP contribution in [-0.4, -0.2) is 74.9 Å². The van der Waals surface area contributed by atoms with Crippen molar-refractivity contribution in [3.8, 4) is 0 Å². The quantitative estimate of drug-likeness (QED) is 0.443. The van der Waals surface area contributed by atoms with E-state index in [9.17, 15) is 9.59 Å². The van der Waals surface area contributed by atoms with Crippen LogP contribution in [0.4, 0.5) is 4.79 Å². The first kappa shape index (κ1) is 24.2. The Morgan fingerprint density at radius 1 is 1.12 bits per heavy atom. The van der Waals surface area contributed by atoms with Gasteiger partial charge in [0.15, 0.2) is 5.76 Å². The van der Waals surface area contributed by atoms with E-state index in [4.69, 9.17) is 23.9 Å². The van der Waals surface area contributed by atoms with Crippen molar-refractivity contribution in [3.63, 3.8) is 0 Å². The minimum absolute atomic E-state index is 0.164. The Kier molecular flexibility index (Phi) is 7.89. The number of hydroxylamine groups is 4. The summed E-state index contributed by atoms with van der Waals surface area (Å²) in [5.74, 6) is -0.0808. The standard InChI is InChI=1S/C23H32N2O7/c1-6-30-22(27)32-20-19(18-15-16(2)7-8-17(18)3)21(26)25(31-14-13-28-4)23(20)9-11-24(29-5)12-10-23/h7-8,15H,6,9-14H2,1-5H3. The van der Waals surface area contributed by atoms with E-state index in [1.165, 1.54) is 5.06 Å². The zero-order valence-corrected chi connectivity index (χ0v) is 19.4. The fraction of sp³-hybridized carbons (Fsp3) is 0.565. The van der Waals surface area contributed by atoms with Crippen molar-refractivity contribution in [1.29, 1.82) is 0 Å². The molecule has 0 radical (unpaired) electrons. The third-order valence-electron chi connectivity index (χ3n) is 5.86. The molecule has 0 aromatic heterocycles. The third kappa shape index (κ3) is 4.66. The fourth-order valence-electron chi connectivity index (χ4n) is 4.20. The topological polar surface area (TPSA) is 86.8 Å². The van der Waals surface area contributed by atoms with Crippen molar-refractivity contribution < 1.29 is 33.5 Å². The summed E-state index contributed by atoms with van der Waals surface area (Å²) in [7, 11) is 3.18. The molecule has 0 aliphatic carbocycles. The van der Waals surface area contributed by atoms with Gasteiger partial charge >= 0.3 is 6.16 Å². The maximum atomic E-state index is 13.8. The molecular formula is C23H32N2O7. The zero-order chi connectivity index (χ0) is 23.3. The lowest BCUT2D eigenvalue weighted by molar-refractivity contribution is -0.235. The second-order valence-corrected chi connectivity index (χ2v) is 7.88. The number of aryl methyl sites for hydroxylation is 2. The lowest BCUT2D eigenvalue weighted by atomic mass is 9.85. The number of hydrogen-bond acceptors (Lipinski definition) is 8.